The molecular formula is C10H17ClNO3-. The summed E-state index contributed by atoms with van der Waals surface area (Å²) >= 11 is 0. The molecule has 0 aliphatic heterocycles. The Labute approximate surface area is 95.8 Å². The maximum atomic E-state index is 9.16. The topological polar surface area (TPSA) is 87.0 Å². The average molecular weight is 235 g/mol. The summed E-state index contributed by atoms with van der Waals surface area (Å²) in [6, 6.07) is 7.68. The molecule has 0 bridgehead atoms. The highest BCUT2D eigenvalue weighted by Crippen LogP contribution is 2.15. The summed E-state index contributed by atoms with van der Waals surface area (Å²) in [5.41, 5.74) is 6.31. The molecule has 0 fully saturated rings. The second-order valence-corrected chi connectivity index (χ2v) is 2.97. The molecule has 1 aromatic carbocycles. The molecule has 0 saturated carbocycles. The van der Waals surface area contributed by atoms with Gasteiger partial charge in [0, 0.05) is 6.54 Å². The zero-order valence-electron chi connectivity index (χ0n) is 8.61. The molecule has 0 aliphatic rings. The number of halogens is 1. The lowest BCUT2D eigenvalue weighted by molar-refractivity contribution is -0.00000575. The Morgan fingerprint density at radius 1 is 1.40 bits per heavy atom. The Balaban J connectivity index is 0. The van der Waals surface area contributed by atoms with Gasteiger partial charge >= 0.3 is 0 Å². The quantitative estimate of drug-likeness (QED) is 0.578. The first-order valence-corrected chi connectivity index (χ1v) is 4.30. The lowest BCUT2D eigenvalue weighted by atomic mass is 10.2. The van der Waals surface area contributed by atoms with E-state index in [1.807, 2.05) is 31.2 Å². The van der Waals surface area contributed by atoms with Crippen LogP contribution in [0.4, 0.5) is 0 Å². The zero-order chi connectivity index (χ0) is 9.68. The molecule has 4 nitrogen and oxygen atoms in total. The molecule has 1 unspecified atom stereocenters. The van der Waals surface area contributed by atoms with Gasteiger partial charge in [0.15, 0.2) is 0 Å². The van der Waals surface area contributed by atoms with E-state index in [-0.39, 0.29) is 31.0 Å². The van der Waals surface area contributed by atoms with E-state index >= 15 is 0 Å². The Hall–Kier alpha value is -0.810. The van der Waals surface area contributed by atoms with Crippen LogP contribution in [0, 0.1) is 6.92 Å². The van der Waals surface area contributed by atoms with Crippen molar-refractivity contribution in [1.82, 2.24) is 0 Å². The number of hydrogen-bond acceptors (Lipinski definition) is 3. The van der Waals surface area contributed by atoms with Crippen molar-refractivity contribution in [1.29, 1.82) is 0 Å². The van der Waals surface area contributed by atoms with Crippen LogP contribution in [0.1, 0.15) is 5.56 Å². The highest BCUT2D eigenvalue weighted by molar-refractivity contribution is 5.31. The van der Waals surface area contributed by atoms with E-state index in [1.165, 1.54) is 0 Å². The van der Waals surface area contributed by atoms with Gasteiger partial charge in [0.2, 0.25) is 0 Å². The summed E-state index contributed by atoms with van der Waals surface area (Å²) in [4.78, 5) is 0. The van der Waals surface area contributed by atoms with E-state index in [1.54, 1.807) is 0 Å². The maximum Gasteiger partial charge on any atom is 0.122 e. The van der Waals surface area contributed by atoms with Gasteiger partial charge in [-0.05, 0) is 18.6 Å². The smallest absolute Gasteiger partial charge is 0.122 e. The average Bonchev–Trinajstić information content (AvgIpc) is 2.16. The molecule has 0 amide bonds. The predicted molar refractivity (Wildman–Crippen MR) is 55.3 cm³/mol. The molecule has 5 N–H and O–H groups in total. The first kappa shape index (κ1) is 16.6. The fraction of sp³-hybridized carbons (Fsp3) is 0.400. The van der Waals surface area contributed by atoms with Crippen LogP contribution in [0.15, 0.2) is 24.3 Å². The number of aliphatic hydroxyl groups excluding tert-OH is 1. The van der Waals surface area contributed by atoms with E-state index < -0.39 is 6.10 Å². The van der Waals surface area contributed by atoms with Crippen molar-refractivity contribution < 1.29 is 27.7 Å². The van der Waals surface area contributed by atoms with Gasteiger partial charge in [-0.2, -0.15) is 0 Å². The lowest BCUT2D eigenvalue weighted by Crippen LogP contribution is -3.00. The third kappa shape index (κ3) is 5.59. The van der Waals surface area contributed by atoms with Crippen LogP contribution in [-0.2, 0) is 0 Å². The van der Waals surface area contributed by atoms with E-state index in [0.29, 0.717) is 0 Å². The molecule has 1 aromatic rings. The fourth-order valence-corrected chi connectivity index (χ4v) is 0.972. The van der Waals surface area contributed by atoms with Gasteiger partial charge in [-0.15, -0.1) is 0 Å². The Bertz CT molecular complexity index is 271. The van der Waals surface area contributed by atoms with Gasteiger partial charge in [-0.1, -0.05) is 18.2 Å². The van der Waals surface area contributed by atoms with Crippen LogP contribution in [0.25, 0.3) is 0 Å². The van der Waals surface area contributed by atoms with Crippen molar-refractivity contribution in [3.63, 3.8) is 0 Å². The minimum absolute atomic E-state index is 0. The standard InChI is InChI=1S/C10H15NO2.ClH.H2O/c1-8-4-2-3-5-10(8)13-7-9(12)6-11;;/h2-5,9,12H,6-7,11H2,1H3;1H;1H2/p-1. The molecule has 0 radical (unpaired) electrons. The minimum atomic E-state index is -0.584. The first-order valence-electron chi connectivity index (χ1n) is 4.30. The fourth-order valence-electron chi connectivity index (χ4n) is 0.972. The second-order valence-electron chi connectivity index (χ2n) is 2.97. The summed E-state index contributed by atoms with van der Waals surface area (Å²) in [7, 11) is 0. The Morgan fingerprint density at radius 3 is 2.53 bits per heavy atom. The van der Waals surface area contributed by atoms with Gasteiger partial charge in [0.05, 0.1) is 0 Å². The van der Waals surface area contributed by atoms with Crippen LogP contribution in [0.2, 0.25) is 0 Å². The Kier molecular flexibility index (Phi) is 9.41. The Morgan fingerprint density at radius 2 is 2.00 bits per heavy atom. The number of benzene rings is 1. The van der Waals surface area contributed by atoms with Crippen molar-refractivity contribution in [2.45, 2.75) is 13.0 Å². The molecule has 0 aliphatic carbocycles. The van der Waals surface area contributed by atoms with Crippen molar-refractivity contribution in [2.75, 3.05) is 13.2 Å². The SMILES string of the molecule is Cc1ccccc1OCC(O)CN.O.[Cl-]. The summed E-state index contributed by atoms with van der Waals surface area (Å²) in [5.74, 6) is 0.801. The molecule has 0 spiro atoms. The molecule has 5 heteroatoms. The third-order valence-corrected chi connectivity index (χ3v) is 1.80. The third-order valence-electron chi connectivity index (χ3n) is 1.80. The van der Waals surface area contributed by atoms with E-state index in [2.05, 4.69) is 0 Å². The highest BCUT2D eigenvalue weighted by Gasteiger charge is 2.03. The van der Waals surface area contributed by atoms with Gasteiger partial charge in [-0.25, -0.2) is 0 Å². The number of aliphatic hydroxyl groups is 1. The second kappa shape index (κ2) is 8.49. The number of hydrogen-bond donors (Lipinski definition) is 2. The number of para-hydroxylation sites is 1. The number of nitrogens with two attached hydrogens (primary N) is 1. The first-order chi connectivity index (χ1) is 6.24. The van der Waals surface area contributed by atoms with Crippen molar-refractivity contribution in [3.8, 4) is 5.75 Å². The van der Waals surface area contributed by atoms with Gasteiger partial charge in [-0.3, -0.25) is 0 Å². The predicted octanol–water partition coefficient (Wildman–Crippen LogP) is -3.13. The summed E-state index contributed by atoms with van der Waals surface area (Å²) in [5, 5.41) is 9.16. The number of aryl methyl sites for hydroxylation is 1. The van der Waals surface area contributed by atoms with Crippen LogP contribution in [0.3, 0.4) is 0 Å². The molecular weight excluding hydrogens is 218 g/mol. The molecule has 1 atom stereocenters. The molecule has 0 saturated heterocycles. The largest absolute Gasteiger partial charge is 1.00 e. The van der Waals surface area contributed by atoms with Gasteiger partial charge in [0.1, 0.15) is 18.5 Å². The van der Waals surface area contributed by atoms with Crippen molar-refractivity contribution in [3.05, 3.63) is 29.8 Å². The zero-order valence-corrected chi connectivity index (χ0v) is 9.37. The minimum Gasteiger partial charge on any atom is -1.00 e. The molecule has 88 valence electrons. The molecule has 0 heterocycles. The van der Waals surface area contributed by atoms with E-state index in [9.17, 15) is 0 Å². The van der Waals surface area contributed by atoms with Crippen LogP contribution in [-0.4, -0.2) is 29.8 Å². The molecule has 0 aromatic heterocycles. The normalized spacial score (nSPS) is 10.9. The van der Waals surface area contributed by atoms with Gasteiger partial charge in [0.25, 0.3) is 0 Å². The van der Waals surface area contributed by atoms with Crippen LogP contribution >= 0.6 is 0 Å². The lowest BCUT2D eigenvalue weighted by Gasteiger charge is -2.11. The van der Waals surface area contributed by atoms with Gasteiger partial charge < -0.3 is 33.5 Å². The van der Waals surface area contributed by atoms with Crippen molar-refractivity contribution >= 4 is 0 Å². The van der Waals surface area contributed by atoms with Crippen LogP contribution in [0.5, 0.6) is 5.75 Å². The summed E-state index contributed by atoms with van der Waals surface area (Å²) in [6.45, 7) is 2.44. The van der Waals surface area contributed by atoms with Crippen molar-refractivity contribution in [2.24, 2.45) is 5.73 Å². The number of ether oxygens (including phenoxy) is 1. The molecule has 1 rings (SSSR count). The van der Waals surface area contributed by atoms with Crippen LogP contribution < -0.4 is 22.9 Å². The van der Waals surface area contributed by atoms with E-state index in [0.717, 1.165) is 11.3 Å². The number of rotatable bonds is 4. The highest BCUT2D eigenvalue weighted by atomic mass is 35.5. The maximum absolute atomic E-state index is 9.16. The molecule has 15 heavy (non-hydrogen) atoms. The van der Waals surface area contributed by atoms with E-state index in [4.69, 9.17) is 15.6 Å². The summed E-state index contributed by atoms with van der Waals surface area (Å²) in [6.07, 6.45) is -0.584. The monoisotopic (exact) mass is 234 g/mol. The summed E-state index contributed by atoms with van der Waals surface area (Å²) < 4.78 is 5.36.